The largest absolute Gasteiger partial charge is 0.483 e. The first-order chi connectivity index (χ1) is 13.6. The van der Waals surface area contributed by atoms with Crippen LogP contribution in [-0.4, -0.2) is 77.4 Å². The lowest BCUT2D eigenvalue weighted by atomic mass is 9.91. The number of ether oxygens (including phenoxy) is 1. The maximum Gasteiger partial charge on any atom is 0.290 e. The lowest BCUT2D eigenvalue weighted by Crippen LogP contribution is -2.53. The first kappa shape index (κ1) is 19.0. The Labute approximate surface area is 163 Å². The first-order valence-corrected chi connectivity index (χ1v) is 9.77. The van der Waals surface area contributed by atoms with Crippen LogP contribution in [0.15, 0.2) is 18.2 Å². The molecule has 28 heavy (non-hydrogen) atoms. The number of ketones is 1. The summed E-state index contributed by atoms with van der Waals surface area (Å²) in [7, 11) is 2.06. The zero-order chi connectivity index (χ0) is 19.7. The Kier molecular flexibility index (Phi) is 5.43. The summed E-state index contributed by atoms with van der Waals surface area (Å²) in [4.78, 5) is 23.7. The molecule has 0 radical (unpaired) electrons. The van der Waals surface area contributed by atoms with Gasteiger partial charge in [-0.05, 0) is 43.9 Å². The van der Waals surface area contributed by atoms with E-state index in [-0.39, 0.29) is 24.3 Å². The molecule has 0 spiro atoms. The molecule has 3 N–H and O–H groups in total. The highest BCUT2D eigenvalue weighted by atomic mass is 16.5. The van der Waals surface area contributed by atoms with Crippen LogP contribution >= 0.6 is 0 Å². The number of rotatable bonds is 3. The molecule has 1 aromatic carbocycles. The van der Waals surface area contributed by atoms with Gasteiger partial charge in [-0.15, -0.1) is 0 Å². The minimum absolute atomic E-state index is 0.0968. The van der Waals surface area contributed by atoms with E-state index in [4.69, 9.17) is 14.6 Å². The highest BCUT2D eigenvalue weighted by molar-refractivity contribution is 6.09. The molecule has 3 aliphatic rings. The topological polar surface area (TPSA) is 108 Å². The summed E-state index contributed by atoms with van der Waals surface area (Å²) < 4.78 is 5.46. The molecule has 2 aromatic rings. The summed E-state index contributed by atoms with van der Waals surface area (Å²) in [6.45, 7) is 2.40. The van der Waals surface area contributed by atoms with Gasteiger partial charge in [-0.1, -0.05) is 12.1 Å². The van der Waals surface area contributed by atoms with Gasteiger partial charge in [-0.3, -0.25) is 19.6 Å². The quantitative estimate of drug-likeness (QED) is 0.540. The molecule has 1 unspecified atom stereocenters. The van der Waals surface area contributed by atoms with Crippen LogP contribution in [0.5, 0.6) is 0 Å². The number of piperazine rings is 1. The van der Waals surface area contributed by atoms with Gasteiger partial charge in [-0.2, -0.15) is 5.10 Å². The van der Waals surface area contributed by atoms with Crippen molar-refractivity contribution in [2.24, 2.45) is 0 Å². The number of carbonyl (C=O) groups is 2. The van der Waals surface area contributed by atoms with Crippen LogP contribution < -0.4 is 5.32 Å². The van der Waals surface area contributed by atoms with E-state index >= 15 is 0 Å². The van der Waals surface area contributed by atoms with Crippen molar-refractivity contribution in [3.8, 4) is 0 Å². The number of fused-ring (bicyclic) bond motifs is 3. The van der Waals surface area contributed by atoms with Crippen LogP contribution in [-0.2, 0) is 9.53 Å². The Morgan fingerprint density at radius 2 is 2.11 bits per heavy atom. The standard InChI is InChI=1S/C19H24N4O2.CH2O2/c1-23-13-9-16(20-10-13)18(23)19(24)17-14-3-2-12(8-15(14)21-22-17)11-4-6-25-7-5-11;2-1-3/h2-3,8,11,13,16,18,20H,4-7,9-10H2,1H3,(H,21,22);1H,(H,2,3)/t13-,16+,18?;/m0./s1. The number of nitrogens with zero attached hydrogens (tertiary/aromatic N) is 2. The van der Waals surface area contributed by atoms with Gasteiger partial charge in [0.2, 0.25) is 5.78 Å². The highest BCUT2D eigenvalue weighted by Gasteiger charge is 2.48. The molecule has 2 bridgehead atoms. The SMILES string of the molecule is CN1C(C(=O)c2n[nH]c3cc(C4CCOCC4)ccc23)[C@H]2C[C@H]1CN2.O=CO. The van der Waals surface area contributed by atoms with Crippen LogP contribution in [0, 0.1) is 0 Å². The fourth-order valence-electron chi connectivity index (χ4n) is 4.83. The Hall–Kier alpha value is -2.29. The summed E-state index contributed by atoms with van der Waals surface area (Å²) in [6, 6.07) is 7.03. The Morgan fingerprint density at radius 1 is 1.36 bits per heavy atom. The van der Waals surface area contributed by atoms with Crippen molar-refractivity contribution in [3.63, 3.8) is 0 Å². The molecule has 1 aromatic heterocycles. The number of H-pyrrole nitrogens is 1. The molecular formula is C20H26N4O4. The number of likely N-dealkylation sites (tertiary alicyclic amines) is 1. The van der Waals surface area contributed by atoms with E-state index in [9.17, 15) is 4.79 Å². The molecule has 150 valence electrons. The summed E-state index contributed by atoms with van der Waals surface area (Å²) >= 11 is 0. The fraction of sp³-hybridized carbons (Fsp3) is 0.550. The van der Waals surface area contributed by atoms with E-state index in [1.807, 2.05) is 0 Å². The van der Waals surface area contributed by atoms with Crippen molar-refractivity contribution >= 4 is 23.2 Å². The molecule has 5 rings (SSSR count). The molecule has 8 nitrogen and oxygen atoms in total. The lowest BCUT2D eigenvalue weighted by Gasteiger charge is -2.30. The zero-order valence-corrected chi connectivity index (χ0v) is 15.9. The first-order valence-electron chi connectivity index (χ1n) is 9.77. The van der Waals surface area contributed by atoms with Crippen molar-refractivity contribution in [2.45, 2.75) is 43.3 Å². The molecule has 0 aliphatic carbocycles. The van der Waals surface area contributed by atoms with Crippen molar-refractivity contribution in [1.82, 2.24) is 20.4 Å². The molecular weight excluding hydrogens is 360 g/mol. The minimum atomic E-state index is -0.250. The van der Waals surface area contributed by atoms with Crippen molar-refractivity contribution < 1.29 is 19.4 Å². The number of aromatic nitrogens is 2. The van der Waals surface area contributed by atoms with Crippen LogP contribution in [0.3, 0.4) is 0 Å². The Morgan fingerprint density at radius 3 is 2.79 bits per heavy atom. The van der Waals surface area contributed by atoms with Crippen LogP contribution in [0.4, 0.5) is 0 Å². The average molecular weight is 386 g/mol. The second kappa shape index (κ2) is 7.98. The molecule has 0 amide bonds. The van der Waals surface area contributed by atoms with Gasteiger partial charge in [0.1, 0.15) is 5.69 Å². The predicted octanol–water partition coefficient (Wildman–Crippen LogP) is 1.38. The van der Waals surface area contributed by atoms with E-state index in [1.54, 1.807) is 0 Å². The number of nitrogens with one attached hydrogen (secondary N) is 2. The third-order valence-corrected chi connectivity index (χ3v) is 6.32. The summed E-state index contributed by atoms with van der Waals surface area (Å²) in [5.41, 5.74) is 2.86. The van der Waals surface area contributed by atoms with Crippen molar-refractivity contribution in [1.29, 1.82) is 0 Å². The van der Waals surface area contributed by atoms with Gasteiger partial charge in [0.05, 0.1) is 11.6 Å². The van der Waals surface area contributed by atoms with E-state index in [0.29, 0.717) is 17.7 Å². The number of hydrogen-bond donors (Lipinski definition) is 3. The van der Waals surface area contributed by atoms with Gasteiger partial charge in [0.15, 0.2) is 0 Å². The zero-order valence-electron chi connectivity index (χ0n) is 15.9. The van der Waals surface area contributed by atoms with Crippen LogP contribution in [0.1, 0.15) is 41.2 Å². The van der Waals surface area contributed by atoms with Gasteiger partial charge in [-0.25, -0.2) is 0 Å². The van der Waals surface area contributed by atoms with E-state index in [0.717, 1.165) is 49.9 Å². The van der Waals surface area contributed by atoms with Crippen LogP contribution in [0.2, 0.25) is 0 Å². The summed E-state index contributed by atoms with van der Waals surface area (Å²) in [5.74, 6) is 0.675. The number of Topliss-reactive ketones (excluding diaryl/α,β-unsaturated/α-hetero) is 1. The lowest BCUT2D eigenvalue weighted by molar-refractivity contribution is -0.122. The van der Waals surface area contributed by atoms with Gasteiger partial charge in [0.25, 0.3) is 6.47 Å². The molecule has 3 aliphatic heterocycles. The van der Waals surface area contributed by atoms with Gasteiger partial charge < -0.3 is 15.2 Å². The second-order valence-electron chi connectivity index (χ2n) is 7.75. The maximum absolute atomic E-state index is 13.1. The molecule has 4 heterocycles. The fourth-order valence-corrected chi connectivity index (χ4v) is 4.83. The average Bonchev–Trinajstić information content (AvgIpc) is 3.43. The maximum atomic E-state index is 13.1. The Bertz CT molecular complexity index is 859. The van der Waals surface area contributed by atoms with E-state index in [2.05, 4.69) is 45.7 Å². The number of carboxylic acid groups (broad SMARTS) is 1. The molecule has 0 saturated carbocycles. The van der Waals surface area contributed by atoms with E-state index in [1.165, 1.54) is 5.56 Å². The monoisotopic (exact) mass is 386 g/mol. The number of hydrogen-bond acceptors (Lipinski definition) is 6. The summed E-state index contributed by atoms with van der Waals surface area (Å²) in [6.07, 6.45) is 3.18. The third kappa shape index (κ3) is 3.32. The number of likely N-dealkylation sites (N-methyl/N-ethyl adjacent to an activating group) is 1. The normalized spacial score (nSPS) is 27.5. The second-order valence-corrected chi connectivity index (χ2v) is 7.75. The van der Waals surface area contributed by atoms with E-state index < -0.39 is 0 Å². The summed E-state index contributed by atoms with van der Waals surface area (Å²) in [5, 5.41) is 18.8. The predicted molar refractivity (Wildman–Crippen MR) is 104 cm³/mol. The minimum Gasteiger partial charge on any atom is -0.483 e. The Balaban J connectivity index is 0.000000604. The highest BCUT2D eigenvalue weighted by Crippen LogP contribution is 2.33. The number of carbonyl (C=O) groups excluding carboxylic acids is 1. The van der Waals surface area contributed by atoms with Crippen LogP contribution in [0.25, 0.3) is 10.9 Å². The smallest absolute Gasteiger partial charge is 0.290 e. The molecule has 3 saturated heterocycles. The van der Waals surface area contributed by atoms with Gasteiger partial charge in [0, 0.05) is 37.2 Å². The number of aromatic amines is 1. The third-order valence-electron chi connectivity index (χ3n) is 6.32. The van der Waals surface area contributed by atoms with Gasteiger partial charge >= 0.3 is 0 Å². The van der Waals surface area contributed by atoms with Crippen molar-refractivity contribution in [2.75, 3.05) is 26.8 Å². The van der Waals surface area contributed by atoms with Crippen molar-refractivity contribution in [3.05, 3.63) is 29.5 Å². The molecule has 3 atom stereocenters. The number of benzene rings is 1. The molecule has 3 fully saturated rings. The molecule has 8 heteroatoms.